The van der Waals surface area contributed by atoms with Crippen LogP contribution >= 0.6 is 0 Å². The van der Waals surface area contributed by atoms with E-state index in [2.05, 4.69) is 10.6 Å². The van der Waals surface area contributed by atoms with E-state index in [0.29, 0.717) is 19.0 Å². The fourth-order valence-corrected chi connectivity index (χ4v) is 3.61. The van der Waals surface area contributed by atoms with Gasteiger partial charge in [0, 0.05) is 19.0 Å². The summed E-state index contributed by atoms with van der Waals surface area (Å²) in [5, 5.41) is 15.1. The summed E-state index contributed by atoms with van der Waals surface area (Å²) in [5.74, 6) is 0.156. The van der Waals surface area contributed by atoms with Gasteiger partial charge in [-0.3, -0.25) is 9.59 Å². The Hall–Kier alpha value is -1.10. The third-order valence-electron chi connectivity index (χ3n) is 4.83. The first-order valence-corrected chi connectivity index (χ1v) is 8.42. The van der Waals surface area contributed by atoms with E-state index in [-0.39, 0.29) is 18.4 Å². The van der Waals surface area contributed by atoms with Gasteiger partial charge in [-0.25, -0.2) is 0 Å². The second-order valence-corrected chi connectivity index (χ2v) is 6.44. The molecular weight excluding hydrogens is 268 g/mol. The van der Waals surface area contributed by atoms with Gasteiger partial charge in [0.1, 0.15) is 0 Å². The Kier molecular flexibility index (Phi) is 6.49. The number of unbranched alkanes of at least 4 members (excludes halogenated alkanes) is 2. The Morgan fingerprint density at radius 1 is 1.05 bits per heavy atom. The highest BCUT2D eigenvalue weighted by atomic mass is 16.4. The minimum Gasteiger partial charge on any atom is -0.481 e. The minimum atomic E-state index is -0.743. The zero-order valence-electron chi connectivity index (χ0n) is 12.8. The fraction of sp³-hybridized carbons (Fsp3) is 0.875. The molecule has 5 heteroatoms. The van der Waals surface area contributed by atoms with Gasteiger partial charge < -0.3 is 15.7 Å². The van der Waals surface area contributed by atoms with E-state index in [1.165, 1.54) is 32.1 Å². The molecule has 5 nitrogen and oxygen atoms in total. The quantitative estimate of drug-likeness (QED) is 0.628. The molecule has 1 aliphatic carbocycles. The van der Waals surface area contributed by atoms with Crippen LogP contribution in [-0.4, -0.2) is 35.6 Å². The molecule has 0 bridgehead atoms. The number of carboxylic acid groups (broad SMARTS) is 1. The van der Waals surface area contributed by atoms with Gasteiger partial charge in [-0.2, -0.15) is 0 Å². The van der Waals surface area contributed by atoms with Crippen molar-refractivity contribution < 1.29 is 14.7 Å². The first-order chi connectivity index (χ1) is 10.2. The Bertz CT molecular complexity index is 359. The van der Waals surface area contributed by atoms with Gasteiger partial charge in [-0.1, -0.05) is 19.3 Å². The standard InChI is InChI=1S/C16H28N2O3/c19-15(20)8-2-1-5-11-17-16(21)14-10-9-12-6-3-4-7-13(12)18-14/h12-14,18H,1-11H2,(H,17,21)(H,19,20). The number of carboxylic acids is 1. The van der Waals surface area contributed by atoms with Crippen molar-refractivity contribution in [3.05, 3.63) is 0 Å². The van der Waals surface area contributed by atoms with Gasteiger partial charge in [-0.05, 0) is 44.4 Å². The minimum absolute atomic E-state index is 0.0247. The van der Waals surface area contributed by atoms with Crippen molar-refractivity contribution >= 4 is 11.9 Å². The van der Waals surface area contributed by atoms with Crippen LogP contribution in [0, 0.1) is 5.92 Å². The zero-order chi connectivity index (χ0) is 15.1. The van der Waals surface area contributed by atoms with Crippen molar-refractivity contribution in [3.63, 3.8) is 0 Å². The highest BCUT2D eigenvalue weighted by molar-refractivity contribution is 5.81. The summed E-state index contributed by atoms with van der Waals surface area (Å²) in [6.07, 6.45) is 9.91. The molecule has 2 rings (SSSR count). The fourth-order valence-electron chi connectivity index (χ4n) is 3.61. The molecule has 0 radical (unpaired) electrons. The van der Waals surface area contributed by atoms with Crippen molar-refractivity contribution in [1.82, 2.24) is 10.6 Å². The number of aliphatic carboxylic acids is 1. The first-order valence-electron chi connectivity index (χ1n) is 8.42. The number of carbonyl (C=O) groups is 2. The summed E-state index contributed by atoms with van der Waals surface area (Å²) in [6.45, 7) is 0.657. The Balaban J connectivity index is 1.59. The van der Waals surface area contributed by atoms with Gasteiger partial charge in [0.25, 0.3) is 0 Å². The molecule has 1 aliphatic heterocycles. The lowest BCUT2D eigenvalue weighted by molar-refractivity contribution is -0.137. The number of rotatable bonds is 7. The number of nitrogens with one attached hydrogen (secondary N) is 2. The zero-order valence-corrected chi connectivity index (χ0v) is 12.8. The lowest BCUT2D eigenvalue weighted by Crippen LogP contribution is -2.55. The van der Waals surface area contributed by atoms with Crippen LogP contribution in [0.4, 0.5) is 0 Å². The van der Waals surface area contributed by atoms with Gasteiger partial charge in [0.05, 0.1) is 6.04 Å². The van der Waals surface area contributed by atoms with E-state index in [4.69, 9.17) is 5.11 Å². The summed E-state index contributed by atoms with van der Waals surface area (Å²) in [6, 6.07) is 0.516. The van der Waals surface area contributed by atoms with Crippen molar-refractivity contribution in [2.75, 3.05) is 6.54 Å². The molecule has 2 fully saturated rings. The van der Waals surface area contributed by atoms with Crippen molar-refractivity contribution in [2.45, 2.75) is 76.3 Å². The number of hydrogen-bond acceptors (Lipinski definition) is 3. The Morgan fingerprint density at radius 2 is 1.86 bits per heavy atom. The van der Waals surface area contributed by atoms with Crippen LogP contribution in [0.15, 0.2) is 0 Å². The van der Waals surface area contributed by atoms with Crippen LogP contribution in [-0.2, 0) is 9.59 Å². The average molecular weight is 296 g/mol. The maximum Gasteiger partial charge on any atom is 0.303 e. The molecular formula is C16H28N2O3. The predicted octanol–water partition coefficient (Wildman–Crippen LogP) is 2.06. The molecule has 3 N–H and O–H groups in total. The third-order valence-corrected chi connectivity index (χ3v) is 4.83. The maximum atomic E-state index is 12.1. The largest absolute Gasteiger partial charge is 0.481 e. The summed E-state index contributed by atoms with van der Waals surface area (Å²) < 4.78 is 0. The first kappa shape index (κ1) is 16.3. The van der Waals surface area contributed by atoms with E-state index < -0.39 is 5.97 Å². The van der Waals surface area contributed by atoms with Gasteiger partial charge in [0.2, 0.25) is 5.91 Å². The van der Waals surface area contributed by atoms with Crippen LogP contribution < -0.4 is 10.6 Å². The maximum absolute atomic E-state index is 12.1. The SMILES string of the molecule is O=C(O)CCCCCNC(=O)C1CCC2CCCCC2N1. The Labute approximate surface area is 126 Å². The molecule has 1 amide bonds. The molecule has 0 aromatic heterocycles. The smallest absolute Gasteiger partial charge is 0.303 e. The molecule has 0 spiro atoms. The van der Waals surface area contributed by atoms with Crippen LogP contribution in [0.1, 0.15) is 64.2 Å². The van der Waals surface area contributed by atoms with Gasteiger partial charge in [-0.15, -0.1) is 0 Å². The van der Waals surface area contributed by atoms with Crippen molar-refractivity contribution in [3.8, 4) is 0 Å². The average Bonchev–Trinajstić information content (AvgIpc) is 2.49. The molecule has 1 heterocycles. The summed E-state index contributed by atoms with van der Waals surface area (Å²) in [7, 11) is 0. The number of piperidine rings is 1. The Morgan fingerprint density at radius 3 is 2.67 bits per heavy atom. The van der Waals surface area contributed by atoms with Crippen molar-refractivity contribution in [1.29, 1.82) is 0 Å². The van der Waals surface area contributed by atoms with E-state index in [1.807, 2.05) is 0 Å². The lowest BCUT2D eigenvalue weighted by Gasteiger charge is -2.39. The van der Waals surface area contributed by atoms with E-state index >= 15 is 0 Å². The molecule has 1 saturated heterocycles. The number of amides is 1. The summed E-state index contributed by atoms with van der Waals surface area (Å²) >= 11 is 0. The number of hydrogen-bond donors (Lipinski definition) is 3. The summed E-state index contributed by atoms with van der Waals surface area (Å²) in [5.41, 5.74) is 0. The molecule has 3 atom stereocenters. The molecule has 1 saturated carbocycles. The molecule has 2 aliphatic rings. The molecule has 0 aromatic carbocycles. The molecule has 0 aromatic rings. The topological polar surface area (TPSA) is 78.4 Å². The lowest BCUT2D eigenvalue weighted by atomic mass is 9.77. The van der Waals surface area contributed by atoms with Crippen LogP contribution in [0.25, 0.3) is 0 Å². The second kappa shape index (κ2) is 8.37. The number of fused-ring (bicyclic) bond motifs is 1. The van der Waals surface area contributed by atoms with Crippen LogP contribution in [0.3, 0.4) is 0 Å². The van der Waals surface area contributed by atoms with E-state index in [0.717, 1.165) is 25.2 Å². The second-order valence-electron chi connectivity index (χ2n) is 6.44. The molecule has 120 valence electrons. The highest BCUT2D eigenvalue weighted by Crippen LogP contribution is 2.32. The highest BCUT2D eigenvalue weighted by Gasteiger charge is 2.34. The normalized spacial score (nSPS) is 28.7. The van der Waals surface area contributed by atoms with E-state index in [1.54, 1.807) is 0 Å². The predicted molar refractivity (Wildman–Crippen MR) is 81.0 cm³/mol. The monoisotopic (exact) mass is 296 g/mol. The molecule has 21 heavy (non-hydrogen) atoms. The van der Waals surface area contributed by atoms with Gasteiger partial charge in [0.15, 0.2) is 0 Å². The third kappa shape index (κ3) is 5.30. The number of carbonyl (C=O) groups excluding carboxylic acids is 1. The van der Waals surface area contributed by atoms with Crippen LogP contribution in [0.2, 0.25) is 0 Å². The summed E-state index contributed by atoms with van der Waals surface area (Å²) in [4.78, 5) is 22.5. The molecule has 3 unspecified atom stereocenters. The van der Waals surface area contributed by atoms with Crippen LogP contribution in [0.5, 0.6) is 0 Å². The van der Waals surface area contributed by atoms with E-state index in [9.17, 15) is 9.59 Å². The van der Waals surface area contributed by atoms with Crippen molar-refractivity contribution in [2.24, 2.45) is 5.92 Å². The van der Waals surface area contributed by atoms with Gasteiger partial charge >= 0.3 is 5.97 Å².